The third-order valence-corrected chi connectivity index (χ3v) is 6.62. The summed E-state index contributed by atoms with van der Waals surface area (Å²) in [6.07, 6.45) is 2.64. The van der Waals surface area contributed by atoms with E-state index in [0.717, 1.165) is 27.6 Å². The number of benzene rings is 2. The first kappa shape index (κ1) is 21.4. The highest BCUT2D eigenvalue weighted by molar-refractivity contribution is 7.08. The maximum atomic E-state index is 12.7. The Balaban J connectivity index is 1.29. The van der Waals surface area contributed by atoms with Crippen molar-refractivity contribution in [2.75, 3.05) is 6.54 Å². The number of carbonyl (C=O) groups excluding carboxylic acids is 1. The van der Waals surface area contributed by atoms with E-state index < -0.39 is 0 Å². The number of nitrogens with zero attached hydrogens (tertiary/aromatic N) is 2. The van der Waals surface area contributed by atoms with Gasteiger partial charge in [-0.05, 0) is 34.7 Å². The maximum absolute atomic E-state index is 12.7. The van der Waals surface area contributed by atoms with E-state index in [1.54, 1.807) is 11.3 Å². The quantitative estimate of drug-likeness (QED) is 0.296. The van der Waals surface area contributed by atoms with Crippen molar-refractivity contribution in [2.45, 2.75) is 18.8 Å². The molecular formula is C25H21ClN4O2S. The third kappa shape index (κ3) is 4.69. The summed E-state index contributed by atoms with van der Waals surface area (Å²) < 4.78 is 5.30. The molecule has 1 amide bonds. The minimum absolute atomic E-state index is 0.0813. The molecule has 5 rings (SSSR count). The van der Waals surface area contributed by atoms with Gasteiger partial charge < -0.3 is 14.8 Å². The smallest absolute Gasteiger partial charge is 0.227 e. The molecule has 3 aromatic heterocycles. The van der Waals surface area contributed by atoms with Crippen molar-refractivity contribution in [2.24, 2.45) is 0 Å². The van der Waals surface area contributed by atoms with Gasteiger partial charge in [0.15, 0.2) is 0 Å². The van der Waals surface area contributed by atoms with E-state index in [-0.39, 0.29) is 18.2 Å². The summed E-state index contributed by atoms with van der Waals surface area (Å²) in [6.45, 7) is 0.425. The number of aromatic nitrogens is 3. The lowest BCUT2D eigenvalue weighted by Crippen LogP contribution is -2.29. The van der Waals surface area contributed by atoms with Gasteiger partial charge in [0, 0.05) is 58.4 Å². The van der Waals surface area contributed by atoms with Crippen LogP contribution in [0.1, 0.15) is 29.4 Å². The Morgan fingerprint density at radius 1 is 1.12 bits per heavy atom. The average Bonchev–Trinajstić information content (AvgIpc) is 3.59. The zero-order valence-corrected chi connectivity index (χ0v) is 19.2. The number of halogens is 1. The Kier molecular flexibility index (Phi) is 6.24. The van der Waals surface area contributed by atoms with E-state index in [0.29, 0.717) is 29.7 Å². The van der Waals surface area contributed by atoms with Gasteiger partial charge >= 0.3 is 0 Å². The molecule has 1 atom stereocenters. The van der Waals surface area contributed by atoms with E-state index in [4.69, 9.17) is 16.1 Å². The van der Waals surface area contributed by atoms with Crippen molar-refractivity contribution in [1.29, 1.82) is 0 Å². The molecular weight excluding hydrogens is 456 g/mol. The molecule has 1 unspecified atom stereocenters. The molecule has 0 bridgehead atoms. The number of nitrogens with one attached hydrogen (secondary N) is 2. The fourth-order valence-corrected chi connectivity index (χ4v) is 4.82. The highest BCUT2D eigenvalue weighted by Crippen LogP contribution is 2.34. The number of para-hydroxylation sites is 1. The zero-order valence-electron chi connectivity index (χ0n) is 17.6. The average molecular weight is 477 g/mol. The molecule has 0 radical (unpaired) electrons. The first-order valence-electron chi connectivity index (χ1n) is 10.6. The number of rotatable bonds is 8. The van der Waals surface area contributed by atoms with Crippen molar-refractivity contribution >= 4 is 39.7 Å². The van der Waals surface area contributed by atoms with Crippen LogP contribution < -0.4 is 5.32 Å². The lowest BCUT2D eigenvalue weighted by molar-refractivity contribution is -0.121. The van der Waals surface area contributed by atoms with Gasteiger partial charge in [-0.15, -0.1) is 0 Å². The van der Waals surface area contributed by atoms with E-state index in [1.165, 1.54) is 0 Å². The van der Waals surface area contributed by atoms with Crippen molar-refractivity contribution in [3.63, 3.8) is 0 Å². The maximum Gasteiger partial charge on any atom is 0.227 e. The molecule has 0 fully saturated rings. The molecule has 0 aliphatic heterocycles. The number of hydrogen-bond donors (Lipinski definition) is 2. The lowest BCUT2D eigenvalue weighted by Gasteiger charge is -2.19. The molecule has 5 aromatic rings. The van der Waals surface area contributed by atoms with Gasteiger partial charge in [0.25, 0.3) is 0 Å². The normalized spacial score (nSPS) is 12.2. The minimum Gasteiger partial charge on any atom is -0.361 e. The molecule has 0 spiro atoms. The first-order valence-corrected chi connectivity index (χ1v) is 11.9. The number of amides is 1. The fraction of sp³-hybridized carbons (Fsp3) is 0.160. The van der Waals surface area contributed by atoms with Crippen LogP contribution in [0, 0.1) is 0 Å². The van der Waals surface area contributed by atoms with Crippen LogP contribution in [0.2, 0.25) is 5.02 Å². The number of aryl methyl sites for hydroxylation is 1. The van der Waals surface area contributed by atoms with Crippen LogP contribution in [-0.2, 0) is 11.2 Å². The number of H-pyrrole nitrogens is 1. The Bertz CT molecular complexity index is 1380. The van der Waals surface area contributed by atoms with Crippen LogP contribution >= 0.6 is 22.9 Å². The van der Waals surface area contributed by atoms with E-state index in [9.17, 15) is 4.79 Å². The predicted molar refractivity (Wildman–Crippen MR) is 131 cm³/mol. The van der Waals surface area contributed by atoms with Crippen molar-refractivity contribution in [3.8, 4) is 11.4 Å². The lowest BCUT2D eigenvalue weighted by atomic mass is 9.90. The van der Waals surface area contributed by atoms with Crippen LogP contribution in [0.3, 0.4) is 0 Å². The number of carbonyl (C=O) groups is 1. The van der Waals surface area contributed by atoms with Crippen LogP contribution in [-0.4, -0.2) is 27.6 Å². The highest BCUT2D eigenvalue weighted by Gasteiger charge is 2.21. The molecule has 166 valence electrons. The zero-order chi connectivity index (χ0) is 22.6. The monoisotopic (exact) mass is 476 g/mol. The van der Waals surface area contributed by atoms with Crippen molar-refractivity contribution in [3.05, 3.63) is 93.6 Å². The fourth-order valence-electron chi connectivity index (χ4n) is 3.92. The number of hydrogen-bond acceptors (Lipinski definition) is 5. The second-order valence-corrected chi connectivity index (χ2v) is 8.88. The summed E-state index contributed by atoms with van der Waals surface area (Å²) in [6, 6.07) is 17.8. The molecule has 33 heavy (non-hydrogen) atoms. The molecule has 6 nitrogen and oxygen atoms in total. The van der Waals surface area contributed by atoms with Gasteiger partial charge in [0.2, 0.25) is 17.6 Å². The van der Waals surface area contributed by atoms with Crippen LogP contribution in [0.4, 0.5) is 0 Å². The number of aromatic amines is 1. The molecule has 8 heteroatoms. The molecule has 0 aliphatic carbocycles. The SMILES string of the molecule is O=C(CCc1nc(-c2ccsc2)no1)NCC(c1ccccc1Cl)c1c[nH]c2ccccc12. The molecule has 0 saturated carbocycles. The van der Waals surface area contributed by atoms with Crippen molar-refractivity contribution < 1.29 is 9.32 Å². The molecule has 3 heterocycles. The molecule has 2 N–H and O–H groups in total. The Morgan fingerprint density at radius 2 is 1.97 bits per heavy atom. The van der Waals surface area contributed by atoms with Gasteiger partial charge in [-0.2, -0.15) is 16.3 Å². The molecule has 2 aromatic carbocycles. The number of fused-ring (bicyclic) bond motifs is 1. The second-order valence-electron chi connectivity index (χ2n) is 7.69. The van der Waals surface area contributed by atoms with Gasteiger partial charge in [-0.3, -0.25) is 4.79 Å². The first-order chi connectivity index (χ1) is 16.2. The van der Waals surface area contributed by atoms with E-state index >= 15 is 0 Å². The summed E-state index contributed by atoms with van der Waals surface area (Å²) >= 11 is 8.11. The second kappa shape index (κ2) is 9.60. The van der Waals surface area contributed by atoms with E-state index in [2.05, 4.69) is 26.5 Å². The summed E-state index contributed by atoms with van der Waals surface area (Å²) in [4.78, 5) is 20.4. The standard InChI is InChI=1S/C25H21ClN4O2S/c26-21-7-3-1-5-17(21)19(20-13-27-22-8-4-2-6-18(20)22)14-28-23(31)9-10-24-29-25(30-32-24)16-11-12-33-15-16/h1-8,11-13,15,19,27H,9-10,14H2,(H,28,31). The third-order valence-electron chi connectivity index (χ3n) is 5.59. The highest BCUT2D eigenvalue weighted by atomic mass is 35.5. The Hall–Kier alpha value is -3.42. The van der Waals surface area contributed by atoms with Crippen LogP contribution in [0.15, 0.2) is 76.1 Å². The Morgan fingerprint density at radius 3 is 2.82 bits per heavy atom. The molecule has 0 aliphatic rings. The summed E-state index contributed by atoms with van der Waals surface area (Å²) in [7, 11) is 0. The van der Waals surface area contributed by atoms with Gasteiger partial charge in [-0.1, -0.05) is 53.2 Å². The topological polar surface area (TPSA) is 83.8 Å². The van der Waals surface area contributed by atoms with Gasteiger partial charge in [0.05, 0.1) is 0 Å². The number of thiophene rings is 1. The Labute approximate surface area is 199 Å². The van der Waals surface area contributed by atoms with E-state index in [1.807, 2.05) is 65.5 Å². The van der Waals surface area contributed by atoms with Crippen LogP contribution in [0.25, 0.3) is 22.3 Å². The van der Waals surface area contributed by atoms with Gasteiger partial charge in [0.1, 0.15) is 0 Å². The summed E-state index contributed by atoms with van der Waals surface area (Å²) in [5, 5.41) is 12.8. The van der Waals surface area contributed by atoms with Crippen molar-refractivity contribution in [1.82, 2.24) is 20.4 Å². The van der Waals surface area contributed by atoms with Crippen LogP contribution in [0.5, 0.6) is 0 Å². The summed E-state index contributed by atoms with van der Waals surface area (Å²) in [5.74, 6) is 0.824. The van der Waals surface area contributed by atoms with Gasteiger partial charge in [-0.25, -0.2) is 0 Å². The molecule has 0 saturated heterocycles. The predicted octanol–water partition coefficient (Wildman–Crippen LogP) is 5.81. The largest absolute Gasteiger partial charge is 0.361 e. The summed E-state index contributed by atoms with van der Waals surface area (Å²) in [5.41, 5.74) is 4.03. The minimum atomic E-state index is -0.0904.